The van der Waals surface area contributed by atoms with Crippen LogP contribution in [0.1, 0.15) is 24.1 Å². The molecule has 1 N–H and O–H groups in total. The van der Waals surface area contributed by atoms with Crippen molar-refractivity contribution in [2.45, 2.75) is 13.0 Å². The lowest BCUT2D eigenvalue weighted by Gasteiger charge is -2.23. The van der Waals surface area contributed by atoms with Gasteiger partial charge < -0.3 is 14.6 Å². The third kappa shape index (κ3) is 4.07. The van der Waals surface area contributed by atoms with Gasteiger partial charge in [0.05, 0.1) is 35.5 Å². The van der Waals surface area contributed by atoms with Crippen molar-refractivity contribution in [2.24, 2.45) is 0 Å². The Balaban J connectivity index is 1.70. The van der Waals surface area contributed by atoms with Crippen LogP contribution in [0, 0.1) is 5.82 Å². The molecule has 1 aliphatic heterocycles. The van der Waals surface area contributed by atoms with E-state index in [1.807, 2.05) is 13.0 Å². The van der Waals surface area contributed by atoms with Crippen molar-refractivity contribution in [1.82, 2.24) is 4.98 Å². The monoisotopic (exact) mass is 504 g/mol. The standard InChI is InChI=1S/C27H21FN2O5S/c1-3-35-19-11-12-20-21(14-19)36-27(29-20)30-23(16-5-4-6-18(13-16)34-2)22(25(32)26(30)33)24(31)15-7-9-17(28)10-8-15/h4-14,23,31H,3H2,1-2H3/b24-22+. The van der Waals surface area contributed by atoms with Crippen LogP contribution in [0.5, 0.6) is 11.5 Å². The van der Waals surface area contributed by atoms with Gasteiger partial charge in [0.1, 0.15) is 23.1 Å². The summed E-state index contributed by atoms with van der Waals surface area (Å²) in [7, 11) is 1.51. The summed E-state index contributed by atoms with van der Waals surface area (Å²) >= 11 is 1.24. The number of hydrogen-bond donors (Lipinski definition) is 1. The van der Waals surface area contributed by atoms with Crippen LogP contribution in [0.4, 0.5) is 9.52 Å². The van der Waals surface area contributed by atoms with E-state index in [1.165, 1.54) is 47.6 Å². The molecule has 1 fully saturated rings. The van der Waals surface area contributed by atoms with E-state index in [2.05, 4.69) is 4.98 Å². The SMILES string of the molecule is CCOc1ccc2nc(N3C(=O)C(=O)/C(=C(/O)c4ccc(F)cc4)C3c3cccc(OC)c3)sc2c1. The highest BCUT2D eigenvalue weighted by Crippen LogP contribution is 2.45. The minimum atomic E-state index is -0.975. The Hall–Kier alpha value is -4.24. The predicted octanol–water partition coefficient (Wildman–Crippen LogP) is 5.47. The number of anilines is 1. The van der Waals surface area contributed by atoms with Crippen molar-refractivity contribution in [3.8, 4) is 11.5 Å². The molecule has 36 heavy (non-hydrogen) atoms. The number of carbonyl (C=O) groups is 2. The van der Waals surface area contributed by atoms with Crippen LogP contribution < -0.4 is 14.4 Å². The number of Topliss-reactive ketones (excluding diaryl/α,β-unsaturated/α-hetero) is 1. The van der Waals surface area contributed by atoms with Crippen LogP contribution in [-0.2, 0) is 9.59 Å². The van der Waals surface area contributed by atoms with E-state index in [0.29, 0.717) is 34.3 Å². The second-order valence-electron chi connectivity index (χ2n) is 8.01. The van der Waals surface area contributed by atoms with Gasteiger partial charge in [-0.3, -0.25) is 14.5 Å². The van der Waals surface area contributed by atoms with Crippen molar-refractivity contribution in [2.75, 3.05) is 18.6 Å². The first kappa shape index (κ1) is 23.5. The maximum absolute atomic E-state index is 13.5. The summed E-state index contributed by atoms with van der Waals surface area (Å²) in [6, 6.07) is 16.4. The van der Waals surface area contributed by atoms with E-state index in [-0.39, 0.29) is 11.1 Å². The van der Waals surface area contributed by atoms with Crippen molar-refractivity contribution >= 4 is 44.1 Å². The zero-order valence-corrected chi connectivity index (χ0v) is 20.2. The summed E-state index contributed by atoms with van der Waals surface area (Å²) in [5, 5.41) is 11.4. The molecule has 1 unspecified atom stereocenters. The van der Waals surface area contributed by atoms with Gasteiger partial charge in [0.15, 0.2) is 5.13 Å². The molecule has 0 radical (unpaired) electrons. The van der Waals surface area contributed by atoms with Gasteiger partial charge in [-0.25, -0.2) is 9.37 Å². The summed E-state index contributed by atoms with van der Waals surface area (Å²) in [5.74, 6) is -1.39. The predicted molar refractivity (Wildman–Crippen MR) is 135 cm³/mol. The number of aromatic nitrogens is 1. The molecule has 1 amide bonds. The fourth-order valence-electron chi connectivity index (χ4n) is 4.17. The number of rotatable bonds is 6. The molecule has 1 aliphatic rings. The van der Waals surface area contributed by atoms with Crippen LogP contribution in [0.3, 0.4) is 0 Å². The Labute approximate surface area is 210 Å². The molecule has 5 rings (SSSR count). The lowest BCUT2D eigenvalue weighted by Crippen LogP contribution is -2.29. The Morgan fingerprint density at radius 2 is 1.86 bits per heavy atom. The first-order valence-electron chi connectivity index (χ1n) is 11.2. The second-order valence-corrected chi connectivity index (χ2v) is 9.02. The average Bonchev–Trinajstić information content (AvgIpc) is 3.42. The highest BCUT2D eigenvalue weighted by molar-refractivity contribution is 7.22. The molecule has 3 aromatic carbocycles. The molecule has 182 valence electrons. The van der Waals surface area contributed by atoms with Crippen molar-refractivity contribution in [3.05, 3.63) is 89.2 Å². The van der Waals surface area contributed by atoms with Crippen LogP contribution in [0.15, 0.2) is 72.3 Å². The fourth-order valence-corrected chi connectivity index (χ4v) is 5.19. The lowest BCUT2D eigenvalue weighted by atomic mass is 9.95. The van der Waals surface area contributed by atoms with Crippen molar-refractivity contribution < 1.29 is 28.6 Å². The fraction of sp³-hybridized carbons (Fsp3) is 0.148. The molecule has 1 aromatic heterocycles. The van der Waals surface area contributed by atoms with Crippen molar-refractivity contribution in [1.29, 1.82) is 0 Å². The third-order valence-electron chi connectivity index (χ3n) is 5.84. The zero-order valence-electron chi connectivity index (χ0n) is 19.4. The van der Waals surface area contributed by atoms with E-state index < -0.39 is 29.3 Å². The number of halogens is 1. The molecule has 0 spiro atoms. The van der Waals surface area contributed by atoms with Gasteiger partial charge >= 0.3 is 5.91 Å². The largest absolute Gasteiger partial charge is 0.507 e. The molecule has 0 saturated carbocycles. The number of amides is 1. The summed E-state index contributed by atoms with van der Waals surface area (Å²) in [6.07, 6.45) is 0. The van der Waals surface area contributed by atoms with Gasteiger partial charge in [0.2, 0.25) is 0 Å². The molecule has 2 heterocycles. The number of ketones is 1. The van der Waals surface area contributed by atoms with E-state index in [1.54, 1.807) is 36.4 Å². The Morgan fingerprint density at radius 1 is 1.08 bits per heavy atom. The molecular formula is C27H21FN2O5S. The third-order valence-corrected chi connectivity index (χ3v) is 6.85. The van der Waals surface area contributed by atoms with Gasteiger partial charge in [-0.05, 0) is 67.1 Å². The Morgan fingerprint density at radius 3 is 2.58 bits per heavy atom. The number of aliphatic hydroxyl groups is 1. The Bertz CT molecular complexity index is 1510. The summed E-state index contributed by atoms with van der Waals surface area (Å²) in [5.41, 5.74) is 1.29. The lowest BCUT2D eigenvalue weighted by molar-refractivity contribution is -0.132. The number of thiazole rings is 1. The topological polar surface area (TPSA) is 89.0 Å². The minimum Gasteiger partial charge on any atom is -0.507 e. The number of fused-ring (bicyclic) bond motifs is 1. The van der Waals surface area contributed by atoms with E-state index in [4.69, 9.17) is 9.47 Å². The van der Waals surface area contributed by atoms with E-state index in [9.17, 15) is 19.1 Å². The summed E-state index contributed by atoms with van der Waals surface area (Å²) in [6.45, 7) is 2.39. The summed E-state index contributed by atoms with van der Waals surface area (Å²) in [4.78, 5) is 32.6. The van der Waals surface area contributed by atoms with Gasteiger partial charge in [-0.1, -0.05) is 23.5 Å². The number of benzene rings is 3. The number of aliphatic hydroxyl groups excluding tert-OH is 1. The molecule has 0 aliphatic carbocycles. The maximum atomic E-state index is 13.5. The first-order chi connectivity index (χ1) is 17.4. The smallest absolute Gasteiger partial charge is 0.301 e. The van der Waals surface area contributed by atoms with Crippen molar-refractivity contribution in [3.63, 3.8) is 0 Å². The average molecular weight is 505 g/mol. The molecule has 7 nitrogen and oxygen atoms in total. The summed E-state index contributed by atoms with van der Waals surface area (Å²) < 4.78 is 25.2. The number of carbonyl (C=O) groups excluding carboxylic acids is 2. The molecule has 1 atom stereocenters. The molecule has 4 aromatic rings. The van der Waals surface area contributed by atoms with E-state index in [0.717, 1.165) is 4.70 Å². The maximum Gasteiger partial charge on any atom is 0.301 e. The van der Waals surface area contributed by atoms with Gasteiger partial charge in [-0.2, -0.15) is 0 Å². The quantitative estimate of drug-likeness (QED) is 0.213. The molecule has 1 saturated heterocycles. The van der Waals surface area contributed by atoms with Crippen LogP contribution in [0.25, 0.3) is 16.0 Å². The number of nitrogens with zero attached hydrogens (tertiary/aromatic N) is 2. The van der Waals surface area contributed by atoms with Crippen LogP contribution in [0.2, 0.25) is 0 Å². The second kappa shape index (κ2) is 9.43. The highest BCUT2D eigenvalue weighted by atomic mass is 32.1. The molecule has 0 bridgehead atoms. The Kier molecular flexibility index (Phi) is 6.15. The number of methoxy groups -OCH3 is 1. The zero-order chi connectivity index (χ0) is 25.4. The van der Waals surface area contributed by atoms with Gasteiger partial charge in [0, 0.05) is 5.56 Å². The number of ether oxygens (including phenoxy) is 2. The van der Waals surface area contributed by atoms with Gasteiger partial charge in [-0.15, -0.1) is 0 Å². The minimum absolute atomic E-state index is 0.117. The number of hydrogen-bond acceptors (Lipinski definition) is 7. The highest BCUT2D eigenvalue weighted by Gasteiger charge is 2.48. The van der Waals surface area contributed by atoms with Crippen LogP contribution >= 0.6 is 11.3 Å². The van der Waals surface area contributed by atoms with E-state index >= 15 is 0 Å². The molecule has 9 heteroatoms. The van der Waals surface area contributed by atoms with Gasteiger partial charge in [0.25, 0.3) is 5.78 Å². The first-order valence-corrected chi connectivity index (χ1v) is 12.0. The van der Waals surface area contributed by atoms with Crippen LogP contribution in [-0.4, -0.2) is 35.5 Å². The molecular weight excluding hydrogens is 483 g/mol. The normalized spacial score (nSPS) is 17.1.